The topological polar surface area (TPSA) is 66.5 Å². The standard InChI is InChI=1S/C17H28N4O2/c1-4-5-6-9-18-17(22)20-15-7-8-16(19-10-15)21-11-13(2)23-14(3)12-21/h7-8,10,13-14H,4-6,9,11-12H2,1-3H3,(H2,18,20,22). The summed E-state index contributed by atoms with van der Waals surface area (Å²) in [6.45, 7) is 8.66. The van der Waals surface area contributed by atoms with Crippen LogP contribution in [0.5, 0.6) is 0 Å². The lowest BCUT2D eigenvalue weighted by Crippen LogP contribution is -2.45. The van der Waals surface area contributed by atoms with Crippen molar-refractivity contribution in [2.24, 2.45) is 0 Å². The van der Waals surface area contributed by atoms with E-state index < -0.39 is 0 Å². The van der Waals surface area contributed by atoms with Crippen LogP contribution in [0.25, 0.3) is 0 Å². The van der Waals surface area contributed by atoms with Gasteiger partial charge in [0.25, 0.3) is 0 Å². The van der Waals surface area contributed by atoms with Gasteiger partial charge in [-0.1, -0.05) is 19.8 Å². The minimum atomic E-state index is -0.177. The second-order valence-electron chi connectivity index (χ2n) is 6.16. The number of nitrogens with one attached hydrogen (secondary N) is 2. The zero-order chi connectivity index (χ0) is 16.7. The highest BCUT2D eigenvalue weighted by Crippen LogP contribution is 2.19. The summed E-state index contributed by atoms with van der Waals surface area (Å²) in [6.07, 6.45) is 5.39. The summed E-state index contributed by atoms with van der Waals surface area (Å²) < 4.78 is 5.73. The van der Waals surface area contributed by atoms with Gasteiger partial charge in [-0.25, -0.2) is 9.78 Å². The first-order chi connectivity index (χ1) is 11.1. The van der Waals surface area contributed by atoms with E-state index >= 15 is 0 Å². The maximum absolute atomic E-state index is 11.8. The van der Waals surface area contributed by atoms with Crippen molar-refractivity contribution in [3.63, 3.8) is 0 Å². The van der Waals surface area contributed by atoms with Crippen LogP contribution >= 0.6 is 0 Å². The predicted octanol–water partition coefficient (Wildman–Crippen LogP) is 3.01. The van der Waals surface area contributed by atoms with E-state index in [1.807, 2.05) is 12.1 Å². The summed E-state index contributed by atoms with van der Waals surface area (Å²) in [6, 6.07) is 3.65. The van der Waals surface area contributed by atoms with E-state index in [0.717, 1.165) is 38.2 Å². The van der Waals surface area contributed by atoms with Gasteiger partial charge in [-0.05, 0) is 32.4 Å². The summed E-state index contributed by atoms with van der Waals surface area (Å²) in [5.74, 6) is 0.918. The highest BCUT2D eigenvalue weighted by atomic mass is 16.5. The van der Waals surface area contributed by atoms with Crippen LogP contribution in [-0.4, -0.2) is 42.9 Å². The molecule has 1 saturated heterocycles. The molecule has 0 radical (unpaired) electrons. The molecule has 0 spiro atoms. The van der Waals surface area contributed by atoms with Gasteiger partial charge in [0.15, 0.2) is 0 Å². The van der Waals surface area contributed by atoms with Crippen molar-refractivity contribution >= 4 is 17.5 Å². The molecule has 0 saturated carbocycles. The lowest BCUT2D eigenvalue weighted by molar-refractivity contribution is -0.00545. The van der Waals surface area contributed by atoms with Crippen molar-refractivity contribution in [1.29, 1.82) is 0 Å². The number of ether oxygens (including phenoxy) is 1. The van der Waals surface area contributed by atoms with Crippen molar-refractivity contribution in [3.05, 3.63) is 18.3 Å². The smallest absolute Gasteiger partial charge is 0.319 e. The van der Waals surface area contributed by atoms with E-state index in [1.54, 1.807) is 6.20 Å². The number of unbranched alkanes of at least 4 members (excludes halogenated alkanes) is 2. The third kappa shape index (κ3) is 5.71. The number of morpholine rings is 1. The molecular weight excluding hydrogens is 292 g/mol. The molecular formula is C17H28N4O2. The van der Waals surface area contributed by atoms with Crippen molar-refractivity contribution in [3.8, 4) is 0 Å². The summed E-state index contributed by atoms with van der Waals surface area (Å²) in [5.41, 5.74) is 0.705. The minimum Gasteiger partial charge on any atom is -0.372 e. The van der Waals surface area contributed by atoms with Crippen LogP contribution in [0.2, 0.25) is 0 Å². The Morgan fingerprint density at radius 2 is 2.04 bits per heavy atom. The molecule has 2 rings (SSSR count). The number of aromatic nitrogens is 1. The second-order valence-corrected chi connectivity index (χ2v) is 6.16. The first-order valence-corrected chi connectivity index (χ1v) is 8.49. The number of carbonyl (C=O) groups excluding carboxylic acids is 1. The third-order valence-electron chi connectivity index (χ3n) is 3.82. The number of nitrogens with zero attached hydrogens (tertiary/aromatic N) is 2. The third-order valence-corrected chi connectivity index (χ3v) is 3.82. The molecule has 2 atom stereocenters. The molecule has 2 amide bonds. The van der Waals surface area contributed by atoms with E-state index in [9.17, 15) is 4.79 Å². The number of amides is 2. The zero-order valence-corrected chi connectivity index (χ0v) is 14.3. The SMILES string of the molecule is CCCCCNC(=O)Nc1ccc(N2CC(C)OC(C)C2)nc1. The summed E-state index contributed by atoms with van der Waals surface area (Å²) in [4.78, 5) is 18.4. The first kappa shape index (κ1) is 17.5. The van der Waals surface area contributed by atoms with Gasteiger partial charge in [-0.15, -0.1) is 0 Å². The minimum absolute atomic E-state index is 0.177. The van der Waals surface area contributed by atoms with Gasteiger partial charge in [-0.2, -0.15) is 0 Å². The van der Waals surface area contributed by atoms with Crippen LogP contribution in [0, 0.1) is 0 Å². The molecule has 2 heterocycles. The molecule has 0 aromatic carbocycles. The molecule has 0 aliphatic carbocycles. The molecule has 1 fully saturated rings. The molecule has 23 heavy (non-hydrogen) atoms. The normalized spacial score (nSPS) is 21.1. The predicted molar refractivity (Wildman–Crippen MR) is 93.0 cm³/mol. The quantitative estimate of drug-likeness (QED) is 0.791. The number of hydrogen-bond acceptors (Lipinski definition) is 4. The van der Waals surface area contributed by atoms with Gasteiger partial charge in [0, 0.05) is 19.6 Å². The number of pyridine rings is 1. The highest BCUT2D eigenvalue weighted by Gasteiger charge is 2.22. The van der Waals surface area contributed by atoms with E-state index in [2.05, 4.69) is 41.3 Å². The van der Waals surface area contributed by atoms with Gasteiger partial charge >= 0.3 is 6.03 Å². The van der Waals surface area contributed by atoms with E-state index in [4.69, 9.17) is 4.74 Å². The fourth-order valence-corrected chi connectivity index (χ4v) is 2.76. The van der Waals surface area contributed by atoms with E-state index in [-0.39, 0.29) is 18.2 Å². The Hall–Kier alpha value is -1.82. The van der Waals surface area contributed by atoms with Crippen LogP contribution < -0.4 is 15.5 Å². The second kappa shape index (κ2) is 8.72. The van der Waals surface area contributed by atoms with Gasteiger partial charge in [0.2, 0.25) is 0 Å². The highest BCUT2D eigenvalue weighted by molar-refractivity contribution is 5.89. The molecule has 6 heteroatoms. The van der Waals surface area contributed by atoms with Gasteiger partial charge in [0.1, 0.15) is 5.82 Å². The van der Waals surface area contributed by atoms with E-state index in [0.29, 0.717) is 12.2 Å². The fraction of sp³-hybridized carbons (Fsp3) is 0.647. The number of carbonyl (C=O) groups is 1. The van der Waals surface area contributed by atoms with Crippen LogP contribution in [0.4, 0.5) is 16.3 Å². The monoisotopic (exact) mass is 320 g/mol. The largest absolute Gasteiger partial charge is 0.372 e. The molecule has 1 aliphatic rings. The molecule has 128 valence electrons. The maximum Gasteiger partial charge on any atom is 0.319 e. The lowest BCUT2D eigenvalue weighted by Gasteiger charge is -2.36. The number of hydrogen-bond donors (Lipinski definition) is 2. The summed E-state index contributed by atoms with van der Waals surface area (Å²) in [7, 11) is 0. The zero-order valence-electron chi connectivity index (χ0n) is 14.3. The average Bonchev–Trinajstić information content (AvgIpc) is 2.51. The van der Waals surface area contributed by atoms with Gasteiger partial charge in [0.05, 0.1) is 24.1 Å². The molecule has 1 aromatic heterocycles. The van der Waals surface area contributed by atoms with Crippen LogP contribution in [0.15, 0.2) is 18.3 Å². The first-order valence-electron chi connectivity index (χ1n) is 8.49. The molecule has 2 N–H and O–H groups in total. The summed E-state index contributed by atoms with van der Waals surface area (Å²) >= 11 is 0. The molecule has 2 unspecified atom stereocenters. The molecule has 6 nitrogen and oxygen atoms in total. The van der Waals surface area contributed by atoms with Crippen molar-refractivity contribution < 1.29 is 9.53 Å². The lowest BCUT2D eigenvalue weighted by atomic mass is 10.2. The maximum atomic E-state index is 11.8. The van der Waals surface area contributed by atoms with Gasteiger partial charge < -0.3 is 20.3 Å². The molecule has 0 bridgehead atoms. The van der Waals surface area contributed by atoms with Crippen LogP contribution in [0.1, 0.15) is 40.0 Å². The number of rotatable bonds is 6. The molecule has 1 aromatic rings. The molecule has 1 aliphatic heterocycles. The van der Waals surface area contributed by atoms with Gasteiger partial charge in [-0.3, -0.25) is 0 Å². The van der Waals surface area contributed by atoms with E-state index in [1.165, 1.54) is 0 Å². The van der Waals surface area contributed by atoms with Crippen LogP contribution in [0.3, 0.4) is 0 Å². The Bertz CT molecular complexity index is 482. The summed E-state index contributed by atoms with van der Waals surface area (Å²) in [5, 5.41) is 5.66. The van der Waals surface area contributed by atoms with Crippen molar-refractivity contribution in [2.75, 3.05) is 29.9 Å². The number of anilines is 2. The average molecular weight is 320 g/mol. The Morgan fingerprint density at radius 3 is 2.65 bits per heavy atom. The Kier molecular flexibility index (Phi) is 6.65. The van der Waals surface area contributed by atoms with Crippen molar-refractivity contribution in [1.82, 2.24) is 10.3 Å². The van der Waals surface area contributed by atoms with Crippen molar-refractivity contribution in [2.45, 2.75) is 52.2 Å². The fourth-order valence-electron chi connectivity index (χ4n) is 2.76. The number of urea groups is 1. The van der Waals surface area contributed by atoms with Crippen LogP contribution in [-0.2, 0) is 4.74 Å². The Labute approximate surface area is 138 Å². The Balaban J connectivity index is 1.83. The Morgan fingerprint density at radius 1 is 1.30 bits per heavy atom.